The molecule has 0 atom stereocenters. The molecule has 0 radical (unpaired) electrons. The quantitative estimate of drug-likeness (QED) is 0.679. The molecule has 0 unspecified atom stereocenters. The summed E-state index contributed by atoms with van der Waals surface area (Å²) < 4.78 is 10.9. The first-order valence-electron chi connectivity index (χ1n) is 6.66. The van der Waals surface area contributed by atoms with E-state index in [1.54, 1.807) is 12.1 Å². The first kappa shape index (κ1) is 14.5. The fraction of sp³-hybridized carbons (Fsp3) is 0.286. The molecule has 8 heteroatoms. The molecule has 0 saturated heterocycles. The summed E-state index contributed by atoms with van der Waals surface area (Å²) in [5.41, 5.74) is 1.61. The predicted octanol–water partition coefficient (Wildman–Crippen LogP) is 2.04. The average Bonchev–Trinajstić information content (AvgIpc) is 3.00. The number of rotatable bonds is 4. The molecule has 0 saturated carbocycles. The summed E-state index contributed by atoms with van der Waals surface area (Å²) in [6.07, 6.45) is 0.605. The van der Waals surface area contributed by atoms with Gasteiger partial charge in [-0.25, -0.2) is 4.79 Å². The number of nitrogens with zero attached hydrogens (tertiary/aromatic N) is 4. The third-order valence-electron chi connectivity index (χ3n) is 3.41. The van der Waals surface area contributed by atoms with Crippen molar-refractivity contribution in [2.45, 2.75) is 26.9 Å². The van der Waals surface area contributed by atoms with E-state index >= 15 is 0 Å². The summed E-state index contributed by atoms with van der Waals surface area (Å²) in [5, 5.41) is 15.3. The highest BCUT2D eigenvalue weighted by Crippen LogP contribution is 2.32. The smallest absolute Gasteiger partial charge is 0.339 e. The van der Waals surface area contributed by atoms with Crippen molar-refractivity contribution in [1.29, 1.82) is 0 Å². The number of halogens is 1. The minimum absolute atomic E-state index is 0.0779. The molecular formula is C14H12ClN4O3-. The largest absolute Gasteiger partial charge is 0.487 e. The van der Waals surface area contributed by atoms with Crippen LogP contribution in [0.15, 0.2) is 21.3 Å². The van der Waals surface area contributed by atoms with E-state index in [0.717, 1.165) is 10.9 Å². The zero-order chi connectivity index (χ0) is 15.7. The van der Waals surface area contributed by atoms with Crippen molar-refractivity contribution in [2.24, 2.45) is 0 Å². The maximum absolute atomic E-state index is 11.9. The van der Waals surface area contributed by atoms with Crippen LogP contribution in [0.5, 0.6) is 5.75 Å². The second-order valence-electron chi connectivity index (χ2n) is 4.71. The van der Waals surface area contributed by atoms with E-state index < -0.39 is 0 Å². The molecule has 0 aliphatic carbocycles. The van der Waals surface area contributed by atoms with Crippen molar-refractivity contribution in [2.75, 3.05) is 0 Å². The topological polar surface area (TPSA) is 92.2 Å². The van der Waals surface area contributed by atoms with Crippen LogP contribution < -0.4 is 15.5 Å². The van der Waals surface area contributed by atoms with Crippen LogP contribution in [0.4, 0.5) is 0 Å². The summed E-state index contributed by atoms with van der Waals surface area (Å²) in [5.74, 6) is 0.723. The molecule has 3 aromatic rings. The SMILES string of the molecule is CCc1c(C)c2cc(Cl)c(OCc3nnn[n-]3)cc2oc1=O. The van der Waals surface area contributed by atoms with E-state index in [-0.39, 0.29) is 12.2 Å². The summed E-state index contributed by atoms with van der Waals surface area (Å²) in [6, 6.07) is 3.32. The number of ether oxygens (including phenoxy) is 1. The maximum Gasteiger partial charge on any atom is 0.339 e. The Balaban J connectivity index is 2.03. The Morgan fingerprint density at radius 1 is 1.41 bits per heavy atom. The molecule has 0 fully saturated rings. The molecule has 1 aromatic carbocycles. The highest BCUT2D eigenvalue weighted by Gasteiger charge is 2.13. The van der Waals surface area contributed by atoms with Crippen molar-refractivity contribution < 1.29 is 9.15 Å². The van der Waals surface area contributed by atoms with Crippen LogP contribution in [0.25, 0.3) is 11.0 Å². The molecule has 2 aromatic heterocycles. The summed E-state index contributed by atoms with van der Waals surface area (Å²) in [6.45, 7) is 3.87. The highest BCUT2D eigenvalue weighted by atomic mass is 35.5. The zero-order valence-corrected chi connectivity index (χ0v) is 12.7. The number of hydrogen-bond acceptors (Lipinski definition) is 6. The Bertz CT molecular complexity index is 874. The lowest BCUT2D eigenvalue weighted by Crippen LogP contribution is -2.09. The summed E-state index contributed by atoms with van der Waals surface area (Å²) in [4.78, 5) is 11.9. The van der Waals surface area contributed by atoms with Crippen LogP contribution in [0.3, 0.4) is 0 Å². The molecule has 0 bridgehead atoms. The van der Waals surface area contributed by atoms with E-state index in [1.807, 2.05) is 13.8 Å². The van der Waals surface area contributed by atoms with E-state index in [0.29, 0.717) is 34.2 Å². The monoisotopic (exact) mass is 319 g/mol. The lowest BCUT2D eigenvalue weighted by atomic mass is 10.0. The molecule has 3 rings (SSSR count). The van der Waals surface area contributed by atoms with Gasteiger partial charge in [-0.3, -0.25) is 10.3 Å². The molecule has 0 amide bonds. The van der Waals surface area contributed by atoms with Gasteiger partial charge in [0, 0.05) is 22.8 Å². The maximum atomic E-state index is 11.9. The van der Waals surface area contributed by atoms with Gasteiger partial charge in [0.1, 0.15) is 17.9 Å². The standard InChI is InChI=1S/C14H12ClN4O3/c1-3-8-7(2)9-4-10(15)12(5-11(9)22-14(8)20)21-6-13-16-18-19-17-13/h4-5H,3,6H2,1-2H3/q-1. The van der Waals surface area contributed by atoms with Gasteiger partial charge in [0.05, 0.1) is 5.02 Å². The number of benzene rings is 1. The fourth-order valence-corrected chi connectivity index (χ4v) is 2.49. The second-order valence-corrected chi connectivity index (χ2v) is 5.12. The molecule has 22 heavy (non-hydrogen) atoms. The van der Waals surface area contributed by atoms with Gasteiger partial charge >= 0.3 is 5.63 Å². The first-order valence-corrected chi connectivity index (χ1v) is 7.04. The van der Waals surface area contributed by atoms with Crippen molar-refractivity contribution >= 4 is 22.6 Å². The second kappa shape index (κ2) is 5.76. The minimum Gasteiger partial charge on any atom is -0.487 e. The van der Waals surface area contributed by atoms with Crippen LogP contribution in [-0.2, 0) is 13.0 Å². The van der Waals surface area contributed by atoms with Gasteiger partial charge in [0.2, 0.25) is 0 Å². The third-order valence-corrected chi connectivity index (χ3v) is 3.71. The van der Waals surface area contributed by atoms with Gasteiger partial charge in [-0.15, -0.1) is 0 Å². The summed E-state index contributed by atoms with van der Waals surface area (Å²) >= 11 is 6.23. The number of tetrazole rings is 1. The van der Waals surface area contributed by atoms with Crippen molar-refractivity contribution in [3.05, 3.63) is 44.5 Å². The Kier molecular flexibility index (Phi) is 3.81. The zero-order valence-electron chi connectivity index (χ0n) is 12.0. The predicted molar refractivity (Wildman–Crippen MR) is 79.1 cm³/mol. The number of hydrogen-bond donors (Lipinski definition) is 0. The van der Waals surface area contributed by atoms with E-state index in [2.05, 4.69) is 20.6 Å². The lowest BCUT2D eigenvalue weighted by molar-refractivity contribution is 0.295. The Hall–Kier alpha value is -2.41. The Morgan fingerprint density at radius 3 is 2.91 bits per heavy atom. The molecule has 114 valence electrons. The van der Waals surface area contributed by atoms with Gasteiger partial charge in [-0.1, -0.05) is 18.5 Å². The Morgan fingerprint density at radius 2 is 2.23 bits per heavy atom. The molecule has 2 heterocycles. The van der Waals surface area contributed by atoms with Crippen LogP contribution in [-0.4, -0.2) is 15.5 Å². The lowest BCUT2D eigenvalue weighted by Gasteiger charge is -2.11. The molecule has 0 spiro atoms. The number of aromatic nitrogens is 4. The average molecular weight is 320 g/mol. The molecule has 0 aliphatic rings. The number of fused-ring (bicyclic) bond motifs is 1. The molecule has 0 aliphatic heterocycles. The van der Waals surface area contributed by atoms with Gasteiger partial charge < -0.3 is 14.3 Å². The highest BCUT2D eigenvalue weighted by molar-refractivity contribution is 6.32. The van der Waals surface area contributed by atoms with Crippen LogP contribution >= 0.6 is 11.6 Å². The van der Waals surface area contributed by atoms with E-state index in [9.17, 15) is 4.79 Å². The molecule has 0 N–H and O–H groups in total. The molecular weight excluding hydrogens is 308 g/mol. The first-order chi connectivity index (χ1) is 10.6. The van der Waals surface area contributed by atoms with Gasteiger partial charge in [-0.2, -0.15) is 5.21 Å². The van der Waals surface area contributed by atoms with Gasteiger partial charge in [-0.05, 0) is 25.0 Å². The van der Waals surface area contributed by atoms with Crippen molar-refractivity contribution in [3.63, 3.8) is 0 Å². The fourth-order valence-electron chi connectivity index (χ4n) is 2.27. The van der Waals surface area contributed by atoms with Crippen LogP contribution in [0.1, 0.15) is 23.9 Å². The van der Waals surface area contributed by atoms with Gasteiger partial charge in [0.25, 0.3) is 0 Å². The van der Waals surface area contributed by atoms with E-state index in [4.69, 9.17) is 20.8 Å². The summed E-state index contributed by atoms with van der Waals surface area (Å²) in [7, 11) is 0. The van der Waals surface area contributed by atoms with Crippen molar-refractivity contribution in [3.8, 4) is 5.75 Å². The van der Waals surface area contributed by atoms with E-state index in [1.165, 1.54) is 0 Å². The van der Waals surface area contributed by atoms with Crippen LogP contribution in [0.2, 0.25) is 5.02 Å². The van der Waals surface area contributed by atoms with Crippen molar-refractivity contribution in [1.82, 2.24) is 20.6 Å². The third kappa shape index (κ3) is 2.55. The van der Waals surface area contributed by atoms with Crippen LogP contribution in [0, 0.1) is 6.92 Å². The molecule has 7 nitrogen and oxygen atoms in total. The normalized spacial score (nSPS) is 11.0. The van der Waals surface area contributed by atoms with Gasteiger partial charge in [0.15, 0.2) is 0 Å². The Labute approximate surface area is 130 Å². The minimum atomic E-state index is -0.339. The number of aryl methyl sites for hydroxylation is 1.